The van der Waals surface area contributed by atoms with Gasteiger partial charge in [-0.05, 0) is 12.8 Å². The van der Waals surface area contributed by atoms with Gasteiger partial charge in [0.2, 0.25) is 0 Å². The van der Waals surface area contributed by atoms with E-state index in [0.717, 1.165) is 6.29 Å². The molecule has 1 aliphatic rings. The molecule has 2 rings (SSSR count). The maximum atomic E-state index is 10.5. The molecule has 0 unspecified atom stereocenters. The lowest BCUT2D eigenvalue weighted by Gasteiger charge is -2.09. The number of carbonyl (C=O) groups is 1. The van der Waals surface area contributed by atoms with Crippen LogP contribution in [-0.2, 0) is 0 Å². The lowest BCUT2D eigenvalue weighted by molar-refractivity contribution is 0.111. The van der Waals surface area contributed by atoms with Gasteiger partial charge in [-0.15, -0.1) is 11.3 Å². The van der Waals surface area contributed by atoms with Crippen molar-refractivity contribution < 1.29 is 4.79 Å². The van der Waals surface area contributed by atoms with Crippen molar-refractivity contribution in [3.8, 4) is 0 Å². The van der Waals surface area contributed by atoms with Gasteiger partial charge in [-0.2, -0.15) is 0 Å². The van der Waals surface area contributed by atoms with E-state index in [2.05, 4.69) is 4.98 Å². The number of hydrogen-bond donors (Lipinski definition) is 0. The molecule has 1 heterocycles. The molecule has 2 nitrogen and oxygen atoms in total. The first-order valence-corrected chi connectivity index (χ1v) is 6.18. The summed E-state index contributed by atoms with van der Waals surface area (Å²) in [5, 5.41) is 3.04. The normalized spacial score (nSPS) is 19.1. The zero-order valence-electron chi connectivity index (χ0n) is 8.24. The largest absolute Gasteiger partial charge is 0.296 e. The van der Waals surface area contributed by atoms with Gasteiger partial charge in [0.1, 0.15) is 5.69 Å². The van der Waals surface area contributed by atoms with Crippen LogP contribution in [0.5, 0.6) is 0 Å². The molecule has 0 N–H and O–H groups in total. The van der Waals surface area contributed by atoms with Crippen molar-refractivity contribution in [3.63, 3.8) is 0 Å². The molecule has 0 aliphatic heterocycles. The minimum atomic E-state index is 0.606. The third-order valence-corrected chi connectivity index (χ3v) is 3.89. The Kier molecular flexibility index (Phi) is 3.30. The molecule has 1 aromatic heterocycles. The Balaban J connectivity index is 2.08. The van der Waals surface area contributed by atoms with Gasteiger partial charge in [-0.25, -0.2) is 4.98 Å². The Labute approximate surface area is 88.4 Å². The molecule has 1 fully saturated rings. The van der Waals surface area contributed by atoms with Crippen LogP contribution in [0.15, 0.2) is 5.38 Å². The molecule has 76 valence electrons. The van der Waals surface area contributed by atoms with E-state index >= 15 is 0 Å². The standard InChI is InChI=1S/C11H15NOS/c13-7-10-8-14-11(12-10)9-5-3-1-2-4-6-9/h7-9H,1-6H2. The number of hydrogen-bond acceptors (Lipinski definition) is 3. The molecule has 1 saturated carbocycles. The number of thiazole rings is 1. The van der Waals surface area contributed by atoms with Crippen molar-refractivity contribution in [1.82, 2.24) is 4.98 Å². The lowest BCUT2D eigenvalue weighted by atomic mass is 10.0. The second-order valence-electron chi connectivity index (χ2n) is 3.92. The number of carbonyl (C=O) groups excluding carboxylic acids is 1. The average molecular weight is 209 g/mol. The molecule has 3 heteroatoms. The van der Waals surface area contributed by atoms with Gasteiger partial charge in [0.05, 0.1) is 5.01 Å². The molecular weight excluding hydrogens is 194 g/mol. The van der Waals surface area contributed by atoms with E-state index in [4.69, 9.17) is 0 Å². The topological polar surface area (TPSA) is 30.0 Å². The fourth-order valence-corrected chi connectivity index (χ4v) is 3.00. The lowest BCUT2D eigenvalue weighted by Crippen LogP contribution is -1.96. The Bertz CT molecular complexity index is 300. The van der Waals surface area contributed by atoms with Crippen LogP contribution in [0, 0.1) is 0 Å². The predicted molar refractivity (Wildman–Crippen MR) is 57.9 cm³/mol. The monoisotopic (exact) mass is 209 g/mol. The van der Waals surface area contributed by atoms with Gasteiger partial charge in [-0.3, -0.25) is 4.79 Å². The summed E-state index contributed by atoms with van der Waals surface area (Å²) in [6, 6.07) is 0. The molecular formula is C11H15NOS. The van der Waals surface area contributed by atoms with Crippen molar-refractivity contribution >= 4 is 17.6 Å². The fraction of sp³-hybridized carbons (Fsp3) is 0.636. The summed E-state index contributed by atoms with van der Waals surface area (Å²) in [7, 11) is 0. The summed E-state index contributed by atoms with van der Waals surface area (Å²) < 4.78 is 0. The molecule has 0 bridgehead atoms. The fourth-order valence-electron chi connectivity index (χ4n) is 2.07. The van der Waals surface area contributed by atoms with E-state index < -0.39 is 0 Å². The average Bonchev–Trinajstić information content (AvgIpc) is 2.53. The SMILES string of the molecule is O=Cc1csc(C2CCCCCC2)n1. The van der Waals surface area contributed by atoms with Crippen LogP contribution in [0.3, 0.4) is 0 Å². The molecule has 0 spiro atoms. The third-order valence-electron chi connectivity index (χ3n) is 2.86. The van der Waals surface area contributed by atoms with Gasteiger partial charge in [0, 0.05) is 11.3 Å². The quantitative estimate of drug-likeness (QED) is 0.552. The van der Waals surface area contributed by atoms with E-state index in [1.807, 2.05) is 5.38 Å². The van der Waals surface area contributed by atoms with Gasteiger partial charge in [0.15, 0.2) is 6.29 Å². The van der Waals surface area contributed by atoms with Crippen LogP contribution in [0.2, 0.25) is 0 Å². The molecule has 1 aliphatic carbocycles. The Morgan fingerprint density at radius 3 is 2.57 bits per heavy atom. The molecule has 14 heavy (non-hydrogen) atoms. The number of aldehydes is 1. The van der Waals surface area contributed by atoms with Crippen LogP contribution in [0.4, 0.5) is 0 Å². The Hall–Kier alpha value is -0.700. The molecule has 0 aromatic carbocycles. The maximum Gasteiger partial charge on any atom is 0.169 e. The number of nitrogens with zero attached hydrogens (tertiary/aromatic N) is 1. The van der Waals surface area contributed by atoms with Crippen molar-refractivity contribution in [3.05, 3.63) is 16.1 Å². The first-order chi connectivity index (χ1) is 6.90. The summed E-state index contributed by atoms with van der Waals surface area (Å²) >= 11 is 1.65. The van der Waals surface area contributed by atoms with Gasteiger partial charge in [-0.1, -0.05) is 25.7 Å². The molecule has 1 aromatic rings. The minimum absolute atomic E-state index is 0.606. The second kappa shape index (κ2) is 4.69. The zero-order valence-corrected chi connectivity index (χ0v) is 9.05. The molecule has 0 atom stereocenters. The third kappa shape index (κ3) is 2.21. The Morgan fingerprint density at radius 1 is 1.29 bits per heavy atom. The van der Waals surface area contributed by atoms with E-state index in [9.17, 15) is 4.79 Å². The summed E-state index contributed by atoms with van der Waals surface area (Å²) in [4.78, 5) is 14.9. The second-order valence-corrected chi connectivity index (χ2v) is 4.81. The first kappa shape index (κ1) is 9.84. The van der Waals surface area contributed by atoms with Crippen molar-refractivity contribution in [1.29, 1.82) is 0 Å². The van der Waals surface area contributed by atoms with E-state index in [0.29, 0.717) is 11.6 Å². The summed E-state index contributed by atoms with van der Waals surface area (Å²) in [5.74, 6) is 0.621. The van der Waals surface area contributed by atoms with Crippen LogP contribution in [-0.4, -0.2) is 11.3 Å². The predicted octanol–water partition coefficient (Wildman–Crippen LogP) is 3.39. The highest BCUT2D eigenvalue weighted by molar-refractivity contribution is 7.09. The van der Waals surface area contributed by atoms with Crippen LogP contribution >= 0.6 is 11.3 Å². The van der Waals surface area contributed by atoms with Crippen molar-refractivity contribution in [2.75, 3.05) is 0 Å². The van der Waals surface area contributed by atoms with Crippen LogP contribution < -0.4 is 0 Å². The molecule has 0 saturated heterocycles. The summed E-state index contributed by atoms with van der Waals surface area (Å²) in [5.41, 5.74) is 0.606. The summed E-state index contributed by atoms with van der Waals surface area (Å²) in [6.45, 7) is 0. The van der Waals surface area contributed by atoms with Gasteiger partial charge in [0.25, 0.3) is 0 Å². The van der Waals surface area contributed by atoms with Crippen LogP contribution in [0.1, 0.15) is 59.9 Å². The Morgan fingerprint density at radius 2 is 2.00 bits per heavy atom. The maximum absolute atomic E-state index is 10.5. The van der Waals surface area contributed by atoms with Crippen LogP contribution in [0.25, 0.3) is 0 Å². The molecule has 0 amide bonds. The minimum Gasteiger partial charge on any atom is -0.296 e. The number of rotatable bonds is 2. The first-order valence-electron chi connectivity index (χ1n) is 5.31. The zero-order chi connectivity index (χ0) is 9.80. The van der Waals surface area contributed by atoms with Crippen molar-refractivity contribution in [2.24, 2.45) is 0 Å². The molecule has 0 radical (unpaired) electrons. The van der Waals surface area contributed by atoms with E-state index in [1.165, 1.54) is 43.5 Å². The van der Waals surface area contributed by atoms with Gasteiger partial charge >= 0.3 is 0 Å². The van der Waals surface area contributed by atoms with E-state index in [-0.39, 0.29) is 0 Å². The van der Waals surface area contributed by atoms with Crippen molar-refractivity contribution in [2.45, 2.75) is 44.4 Å². The highest BCUT2D eigenvalue weighted by Crippen LogP contribution is 2.32. The highest BCUT2D eigenvalue weighted by Gasteiger charge is 2.17. The highest BCUT2D eigenvalue weighted by atomic mass is 32.1. The summed E-state index contributed by atoms with van der Waals surface area (Å²) in [6.07, 6.45) is 8.72. The van der Waals surface area contributed by atoms with E-state index in [1.54, 1.807) is 11.3 Å². The van der Waals surface area contributed by atoms with Gasteiger partial charge < -0.3 is 0 Å². The smallest absolute Gasteiger partial charge is 0.169 e. The number of aromatic nitrogens is 1.